The highest BCUT2D eigenvalue weighted by molar-refractivity contribution is 7.16. The molecule has 2 heterocycles. The first-order valence-electron chi connectivity index (χ1n) is 7.73. The van der Waals surface area contributed by atoms with E-state index >= 15 is 0 Å². The molecule has 1 saturated heterocycles. The van der Waals surface area contributed by atoms with Crippen molar-refractivity contribution in [3.63, 3.8) is 0 Å². The highest BCUT2D eigenvalue weighted by Crippen LogP contribution is 2.26. The van der Waals surface area contributed by atoms with Gasteiger partial charge >= 0.3 is 12.1 Å². The van der Waals surface area contributed by atoms with E-state index in [9.17, 15) is 14.4 Å². The number of nitrogens with zero attached hydrogens (tertiary/aromatic N) is 1. The highest BCUT2D eigenvalue weighted by atomic mass is 32.1. The lowest BCUT2D eigenvalue weighted by Gasteiger charge is -2.38. The summed E-state index contributed by atoms with van der Waals surface area (Å²) in [5.41, 5.74) is -0.548. The van der Waals surface area contributed by atoms with E-state index in [1.165, 1.54) is 16.2 Å². The predicted octanol–water partition coefficient (Wildman–Crippen LogP) is 2.57. The van der Waals surface area contributed by atoms with Crippen LogP contribution in [0.1, 0.15) is 32.1 Å². The number of carbonyl (C=O) groups excluding carboxylic acids is 2. The summed E-state index contributed by atoms with van der Waals surface area (Å²) >= 11 is 1.37. The molecule has 0 spiro atoms. The molecule has 0 saturated carbocycles. The number of aliphatic carboxylic acids is 1. The first kappa shape index (κ1) is 18.3. The topological polar surface area (TPSA) is 95.9 Å². The monoisotopic (exact) mass is 354 g/mol. The van der Waals surface area contributed by atoms with Crippen LogP contribution in [0, 0.1) is 5.92 Å². The number of hydrogen-bond donors (Lipinski definition) is 2. The third kappa shape index (κ3) is 5.23. The molecule has 0 atom stereocenters. The largest absolute Gasteiger partial charge is 0.481 e. The molecule has 0 bridgehead atoms. The fourth-order valence-corrected chi connectivity index (χ4v) is 3.06. The first-order chi connectivity index (χ1) is 11.1. The number of ether oxygens (including phenoxy) is 1. The number of carbonyl (C=O) groups is 3. The van der Waals surface area contributed by atoms with Crippen molar-refractivity contribution in [2.45, 2.75) is 39.2 Å². The molecule has 8 heteroatoms. The summed E-state index contributed by atoms with van der Waals surface area (Å²) in [4.78, 5) is 36.9. The molecule has 1 aliphatic heterocycles. The number of carboxylic acid groups (broad SMARTS) is 1. The third-order valence-corrected chi connectivity index (χ3v) is 4.46. The summed E-state index contributed by atoms with van der Waals surface area (Å²) in [5, 5.41) is 12.2. The molecule has 1 fully saturated rings. The summed E-state index contributed by atoms with van der Waals surface area (Å²) in [7, 11) is 0. The van der Waals surface area contributed by atoms with Gasteiger partial charge in [-0.25, -0.2) is 4.79 Å². The maximum atomic E-state index is 12.1. The third-order valence-electron chi connectivity index (χ3n) is 3.40. The summed E-state index contributed by atoms with van der Waals surface area (Å²) < 4.78 is 5.25. The Morgan fingerprint density at radius 2 is 2.00 bits per heavy atom. The fraction of sp³-hybridized carbons (Fsp3) is 0.562. The normalized spacial score (nSPS) is 14.9. The Balaban J connectivity index is 1.77. The molecule has 132 valence electrons. The number of thiophene rings is 1. The lowest BCUT2D eigenvalue weighted by Crippen LogP contribution is -2.55. The lowest BCUT2D eigenvalue weighted by atomic mass is 10.00. The maximum absolute atomic E-state index is 12.1. The van der Waals surface area contributed by atoms with Crippen molar-refractivity contribution in [1.29, 1.82) is 0 Å². The molecule has 0 radical (unpaired) electrons. The van der Waals surface area contributed by atoms with Gasteiger partial charge in [0.15, 0.2) is 0 Å². The number of carboxylic acids is 1. The van der Waals surface area contributed by atoms with Gasteiger partial charge < -0.3 is 20.1 Å². The van der Waals surface area contributed by atoms with Crippen LogP contribution in [0.2, 0.25) is 0 Å². The van der Waals surface area contributed by atoms with Crippen LogP contribution in [0.25, 0.3) is 0 Å². The average Bonchev–Trinajstić information content (AvgIpc) is 2.79. The summed E-state index contributed by atoms with van der Waals surface area (Å²) in [6, 6.07) is 3.58. The van der Waals surface area contributed by atoms with Crippen LogP contribution < -0.4 is 5.32 Å². The zero-order valence-corrected chi connectivity index (χ0v) is 14.8. The van der Waals surface area contributed by atoms with Crippen LogP contribution in [0.5, 0.6) is 0 Å². The van der Waals surface area contributed by atoms with Gasteiger partial charge in [-0.15, -0.1) is 11.3 Å². The SMILES string of the molecule is CC(C)(C)OC(=O)N1CC(C(=O)Nc2ccc(CCC(=O)O)s2)C1. The van der Waals surface area contributed by atoms with Gasteiger partial charge in [-0.2, -0.15) is 0 Å². The zero-order valence-electron chi connectivity index (χ0n) is 14.0. The zero-order chi connectivity index (χ0) is 17.9. The minimum Gasteiger partial charge on any atom is -0.481 e. The molecule has 2 N–H and O–H groups in total. The van der Waals surface area contributed by atoms with Crippen molar-refractivity contribution in [1.82, 2.24) is 4.90 Å². The molecule has 2 rings (SSSR count). The Kier molecular flexibility index (Phi) is 5.48. The second-order valence-electron chi connectivity index (χ2n) is 6.73. The smallest absolute Gasteiger partial charge is 0.410 e. The fourth-order valence-electron chi connectivity index (χ4n) is 2.15. The number of amides is 2. The van der Waals surface area contributed by atoms with Gasteiger partial charge in [-0.1, -0.05) is 0 Å². The molecule has 1 aromatic rings. The Bertz CT molecular complexity index is 629. The van der Waals surface area contributed by atoms with Crippen LogP contribution in [-0.4, -0.2) is 46.7 Å². The number of rotatable bonds is 5. The van der Waals surface area contributed by atoms with Gasteiger partial charge in [0.05, 0.1) is 17.3 Å². The number of likely N-dealkylation sites (tertiary alicyclic amines) is 1. The van der Waals surface area contributed by atoms with Crippen LogP contribution in [-0.2, 0) is 20.7 Å². The Labute approximate surface area is 144 Å². The van der Waals surface area contributed by atoms with Gasteiger partial charge in [0.25, 0.3) is 0 Å². The number of hydrogen-bond acceptors (Lipinski definition) is 5. The van der Waals surface area contributed by atoms with E-state index in [-0.39, 0.29) is 18.2 Å². The standard InChI is InChI=1S/C16H22N2O5S/c1-16(2,3)23-15(22)18-8-10(9-18)14(21)17-12-6-4-11(24-12)5-7-13(19)20/h4,6,10H,5,7-9H2,1-3H3,(H,17,21)(H,19,20). The van der Waals surface area contributed by atoms with E-state index in [1.807, 2.05) is 6.07 Å². The minimum atomic E-state index is -0.842. The van der Waals surface area contributed by atoms with Crippen LogP contribution in [0.15, 0.2) is 12.1 Å². The van der Waals surface area contributed by atoms with Crippen molar-refractivity contribution in [3.05, 3.63) is 17.0 Å². The molecule has 0 aliphatic carbocycles. The van der Waals surface area contributed by atoms with E-state index in [0.717, 1.165) is 4.88 Å². The Morgan fingerprint density at radius 3 is 2.58 bits per heavy atom. The van der Waals surface area contributed by atoms with Gasteiger partial charge in [-0.3, -0.25) is 9.59 Å². The molecule has 0 aromatic carbocycles. The van der Waals surface area contributed by atoms with Crippen molar-refractivity contribution < 1.29 is 24.2 Å². The van der Waals surface area contributed by atoms with Crippen LogP contribution in [0.4, 0.5) is 9.80 Å². The molecule has 2 amide bonds. The second-order valence-corrected chi connectivity index (χ2v) is 7.90. The van der Waals surface area contributed by atoms with E-state index in [1.54, 1.807) is 26.8 Å². The Morgan fingerprint density at radius 1 is 1.33 bits per heavy atom. The van der Waals surface area contributed by atoms with E-state index in [0.29, 0.717) is 24.5 Å². The Hall–Kier alpha value is -2.09. The number of aryl methyl sites for hydroxylation is 1. The van der Waals surface area contributed by atoms with E-state index in [2.05, 4.69) is 5.32 Å². The van der Waals surface area contributed by atoms with Crippen molar-refractivity contribution in [3.8, 4) is 0 Å². The van der Waals surface area contributed by atoms with Crippen molar-refractivity contribution >= 4 is 34.3 Å². The number of nitrogens with one attached hydrogen (secondary N) is 1. The van der Waals surface area contributed by atoms with Gasteiger partial charge in [0.2, 0.25) is 5.91 Å². The molecule has 7 nitrogen and oxygen atoms in total. The van der Waals surface area contributed by atoms with E-state index < -0.39 is 17.7 Å². The summed E-state index contributed by atoms with van der Waals surface area (Å²) in [5.74, 6) is -1.23. The molecular weight excluding hydrogens is 332 g/mol. The molecule has 1 aliphatic rings. The maximum Gasteiger partial charge on any atom is 0.410 e. The number of anilines is 1. The molecular formula is C16H22N2O5S. The lowest BCUT2D eigenvalue weighted by molar-refractivity contribution is -0.137. The van der Waals surface area contributed by atoms with Gasteiger partial charge in [0.1, 0.15) is 5.60 Å². The van der Waals surface area contributed by atoms with Crippen LogP contribution in [0.3, 0.4) is 0 Å². The van der Waals surface area contributed by atoms with Gasteiger partial charge in [-0.05, 0) is 39.3 Å². The molecule has 24 heavy (non-hydrogen) atoms. The van der Waals surface area contributed by atoms with Crippen molar-refractivity contribution in [2.75, 3.05) is 18.4 Å². The van der Waals surface area contributed by atoms with Crippen LogP contribution >= 0.6 is 11.3 Å². The average molecular weight is 354 g/mol. The van der Waals surface area contributed by atoms with Gasteiger partial charge in [0, 0.05) is 18.0 Å². The second kappa shape index (κ2) is 7.21. The minimum absolute atomic E-state index is 0.0708. The first-order valence-corrected chi connectivity index (χ1v) is 8.55. The quantitative estimate of drug-likeness (QED) is 0.847. The van der Waals surface area contributed by atoms with E-state index in [4.69, 9.17) is 9.84 Å². The molecule has 0 unspecified atom stereocenters. The predicted molar refractivity (Wildman–Crippen MR) is 90.2 cm³/mol. The summed E-state index contributed by atoms with van der Waals surface area (Å²) in [6.45, 7) is 6.09. The van der Waals surface area contributed by atoms with Crippen molar-refractivity contribution in [2.24, 2.45) is 5.92 Å². The molecule has 1 aromatic heterocycles. The summed E-state index contributed by atoms with van der Waals surface area (Å²) in [6.07, 6.45) is 0.117. The highest BCUT2D eigenvalue weighted by Gasteiger charge is 2.37.